The average molecular weight is 382 g/mol. The molecule has 0 saturated heterocycles. The van der Waals surface area contributed by atoms with Crippen molar-refractivity contribution in [2.24, 2.45) is 0 Å². The van der Waals surface area contributed by atoms with Crippen LogP contribution in [0.3, 0.4) is 0 Å². The number of fused-ring (bicyclic) bond motifs is 1. The van der Waals surface area contributed by atoms with Gasteiger partial charge in [-0.25, -0.2) is 4.79 Å². The van der Waals surface area contributed by atoms with E-state index in [1.807, 2.05) is 5.32 Å². The van der Waals surface area contributed by atoms with Crippen molar-refractivity contribution < 1.29 is 32.2 Å². The number of hydrogen-bond donors (Lipinski definition) is 1. The molecule has 0 unspecified atom stereocenters. The zero-order valence-corrected chi connectivity index (χ0v) is 14.5. The zero-order chi connectivity index (χ0) is 19.7. The van der Waals surface area contributed by atoms with Gasteiger partial charge in [0, 0.05) is 6.54 Å². The molecule has 0 radical (unpaired) electrons. The van der Waals surface area contributed by atoms with Crippen LogP contribution in [0.15, 0.2) is 48.5 Å². The smallest absolute Gasteiger partial charge is 0.492 e. The highest BCUT2D eigenvalue weighted by atomic mass is 19.4. The Bertz CT molecular complexity index is 816. The van der Waals surface area contributed by atoms with Gasteiger partial charge in [0.2, 0.25) is 0 Å². The minimum Gasteiger partial charge on any atom is -0.495 e. The molecule has 0 saturated carbocycles. The Morgan fingerprint density at radius 1 is 1.11 bits per heavy atom. The number of urea groups is 1. The Hall–Kier alpha value is -3.10. The predicted octanol–water partition coefficient (Wildman–Crippen LogP) is 3.92. The first-order valence-corrected chi connectivity index (χ1v) is 8.08. The summed E-state index contributed by atoms with van der Waals surface area (Å²) in [5.74, 6) is -3.21. The summed E-state index contributed by atoms with van der Waals surface area (Å²) in [6, 6.07) is 11.1. The monoisotopic (exact) mass is 382 g/mol. The van der Waals surface area contributed by atoms with Crippen molar-refractivity contribution in [3.63, 3.8) is 0 Å². The van der Waals surface area contributed by atoms with E-state index >= 15 is 0 Å². The molecule has 1 aliphatic heterocycles. The number of nitrogens with one attached hydrogen (secondary N) is 1. The second kappa shape index (κ2) is 6.90. The van der Waals surface area contributed by atoms with E-state index in [4.69, 9.17) is 14.2 Å². The van der Waals surface area contributed by atoms with Crippen LogP contribution in [0.2, 0.25) is 0 Å². The zero-order valence-electron chi connectivity index (χ0n) is 14.5. The molecule has 6 nitrogen and oxygen atoms in total. The number of nitrogens with zero attached hydrogens (tertiary/aromatic N) is 1. The molecule has 27 heavy (non-hydrogen) atoms. The van der Waals surface area contributed by atoms with Gasteiger partial charge >= 0.3 is 18.1 Å². The van der Waals surface area contributed by atoms with Crippen molar-refractivity contribution in [3.8, 4) is 17.2 Å². The molecule has 2 amide bonds. The molecule has 0 fully saturated rings. The standard InChI is InChI=1S/C18H17F3N2O4/c1-3-23(12-8-4-5-9-13(12)25-2)16(24)22-18(17(19,20)21)26-14-10-6-7-11-15(14)27-18/h4-11H,3H2,1-2H3,(H,22,24). The molecule has 2 aromatic carbocycles. The van der Waals surface area contributed by atoms with Gasteiger partial charge in [0.25, 0.3) is 0 Å². The van der Waals surface area contributed by atoms with Gasteiger partial charge in [-0.05, 0) is 31.2 Å². The molecular formula is C18H17F3N2O4. The van der Waals surface area contributed by atoms with Crippen molar-refractivity contribution in [1.29, 1.82) is 0 Å². The summed E-state index contributed by atoms with van der Waals surface area (Å²) in [6.45, 7) is 1.71. The molecule has 0 aromatic heterocycles. The maximum absolute atomic E-state index is 13.7. The number of carbonyl (C=O) groups is 1. The summed E-state index contributed by atoms with van der Waals surface area (Å²) in [5.41, 5.74) is 0.313. The van der Waals surface area contributed by atoms with E-state index in [2.05, 4.69) is 0 Å². The lowest BCUT2D eigenvalue weighted by Gasteiger charge is -2.32. The van der Waals surface area contributed by atoms with Gasteiger partial charge in [-0.2, -0.15) is 13.2 Å². The molecule has 144 valence electrons. The number of carbonyl (C=O) groups excluding carboxylic acids is 1. The van der Waals surface area contributed by atoms with Crippen LogP contribution in [0.4, 0.5) is 23.7 Å². The van der Waals surface area contributed by atoms with Gasteiger partial charge in [0.05, 0.1) is 12.8 Å². The van der Waals surface area contributed by atoms with Crippen molar-refractivity contribution >= 4 is 11.7 Å². The lowest BCUT2D eigenvalue weighted by Crippen LogP contribution is -2.66. The number of ether oxygens (including phenoxy) is 3. The topological polar surface area (TPSA) is 60.0 Å². The highest BCUT2D eigenvalue weighted by Crippen LogP contribution is 2.45. The number of amides is 2. The van der Waals surface area contributed by atoms with Crippen LogP contribution in [0.1, 0.15) is 6.92 Å². The van der Waals surface area contributed by atoms with Crippen LogP contribution in [0.25, 0.3) is 0 Å². The fourth-order valence-corrected chi connectivity index (χ4v) is 2.67. The Kier molecular flexibility index (Phi) is 4.77. The Labute approximate surface area is 153 Å². The Morgan fingerprint density at radius 2 is 1.67 bits per heavy atom. The third-order valence-electron chi connectivity index (χ3n) is 3.94. The van der Waals surface area contributed by atoms with E-state index in [0.29, 0.717) is 11.4 Å². The SMILES string of the molecule is CCN(C(=O)NC1(C(F)(F)F)Oc2ccccc2O1)c1ccccc1OC. The van der Waals surface area contributed by atoms with Gasteiger partial charge in [-0.3, -0.25) is 10.2 Å². The summed E-state index contributed by atoms with van der Waals surface area (Å²) in [7, 11) is 1.40. The molecule has 0 atom stereocenters. The highest BCUT2D eigenvalue weighted by Gasteiger charge is 2.66. The minimum absolute atomic E-state index is 0.0904. The van der Waals surface area contributed by atoms with Crippen molar-refractivity contribution in [3.05, 3.63) is 48.5 Å². The number of benzene rings is 2. The van der Waals surface area contributed by atoms with E-state index in [1.54, 1.807) is 31.2 Å². The maximum Gasteiger partial charge on any atom is 0.492 e. The van der Waals surface area contributed by atoms with Crippen LogP contribution in [0, 0.1) is 0 Å². The molecular weight excluding hydrogens is 365 g/mol. The number of alkyl halides is 3. The van der Waals surface area contributed by atoms with Crippen molar-refractivity contribution in [1.82, 2.24) is 5.32 Å². The van der Waals surface area contributed by atoms with E-state index in [0.717, 1.165) is 4.90 Å². The average Bonchev–Trinajstić information content (AvgIpc) is 3.02. The lowest BCUT2D eigenvalue weighted by atomic mass is 10.2. The first-order chi connectivity index (χ1) is 12.8. The summed E-state index contributed by atoms with van der Waals surface area (Å²) < 4.78 is 56.4. The molecule has 0 spiro atoms. The van der Waals surface area contributed by atoms with Gasteiger partial charge in [-0.15, -0.1) is 0 Å². The number of methoxy groups -OCH3 is 1. The summed E-state index contributed by atoms with van der Waals surface area (Å²) in [5, 5.41) is 1.84. The Morgan fingerprint density at radius 3 is 2.19 bits per heavy atom. The number of rotatable bonds is 4. The fraction of sp³-hybridized carbons (Fsp3) is 0.278. The number of hydrogen-bond acceptors (Lipinski definition) is 4. The largest absolute Gasteiger partial charge is 0.495 e. The summed E-state index contributed by atoms with van der Waals surface area (Å²) in [4.78, 5) is 13.8. The highest BCUT2D eigenvalue weighted by molar-refractivity contribution is 5.94. The molecule has 9 heteroatoms. The molecule has 1 heterocycles. The molecule has 3 rings (SSSR count). The molecule has 1 aliphatic rings. The summed E-state index contributed by atoms with van der Waals surface area (Å²) in [6.07, 6.45) is -5.03. The molecule has 0 aliphatic carbocycles. The van der Waals surface area contributed by atoms with Crippen LogP contribution in [-0.4, -0.2) is 31.8 Å². The van der Waals surface area contributed by atoms with Gasteiger partial charge < -0.3 is 14.2 Å². The third kappa shape index (κ3) is 3.32. The van der Waals surface area contributed by atoms with Crippen molar-refractivity contribution in [2.75, 3.05) is 18.6 Å². The molecule has 0 bridgehead atoms. The number of halogens is 3. The van der Waals surface area contributed by atoms with Crippen LogP contribution < -0.4 is 24.4 Å². The number of anilines is 1. The van der Waals surface area contributed by atoms with E-state index in [9.17, 15) is 18.0 Å². The normalized spacial score (nSPS) is 14.6. The van der Waals surface area contributed by atoms with Crippen LogP contribution in [0.5, 0.6) is 17.2 Å². The second-order valence-electron chi connectivity index (χ2n) is 5.61. The number of para-hydroxylation sites is 4. The second-order valence-corrected chi connectivity index (χ2v) is 5.61. The van der Waals surface area contributed by atoms with Crippen LogP contribution in [-0.2, 0) is 0 Å². The van der Waals surface area contributed by atoms with Gasteiger partial charge in [0.15, 0.2) is 11.5 Å². The van der Waals surface area contributed by atoms with Crippen molar-refractivity contribution in [2.45, 2.75) is 19.0 Å². The predicted molar refractivity (Wildman–Crippen MR) is 91.0 cm³/mol. The molecule has 2 aromatic rings. The van der Waals surface area contributed by atoms with Gasteiger partial charge in [-0.1, -0.05) is 24.3 Å². The van der Waals surface area contributed by atoms with Crippen LogP contribution >= 0.6 is 0 Å². The first-order valence-electron chi connectivity index (χ1n) is 8.08. The first kappa shape index (κ1) is 18.7. The molecule has 1 N–H and O–H groups in total. The van der Waals surface area contributed by atoms with E-state index in [-0.39, 0.29) is 18.0 Å². The van der Waals surface area contributed by atoms with E-state index in [1.165, 1.54) is 31.4 Å². The Balaban J connectivity index is 1.92. The van der Waals surface area contributed by atoms with E-state index < -0.39 is 18.1 Å². The lowest BCUT2D eigenvalue weighted by molar-refractivity contribution is -0.317. The summed E-state index contributed by atoms with van der Waals surface area (Å²) >= 11 is 0. The third-order valence-corrected chi connectivity index (χ3v) is 3.94. The minimum atomic E-state index is -5.03. The maximum atomic E-state index is 13.7. The quantitative estimate of drug-likeness (QED) is 0.871. The van der Waals surface area contributed by atoms with Gasteiger partial charge in [0.1, 0.15) is 5.75 Å². The fourth-order valence-electron chi connectivity index (χ4n) is 2.67.